The van der Waals surface area contributed by atoms with Gasteiger partial charge in [0.15, 0.2) is 5.82 Å². The Morgan fingerprint density at radius 2 is 2.00 bits per heavy atom. The van der Waals surface area contributed by atoms with Crippen molar-refractivity contribution in [2.75, 3.05) is 0 Å². The number of pyridine rings is 1. The van der Waals surface area contributed by atoms with E-state index in [4.69, 9.17) is 27.9 Å². The smallest absolute Gasteiger partial charge is 0.152 e. The molecule has 154 valence electrons. The van der Waals surface area contributed by atoms with E-state index in [9.17, 15) is 4.39 Å². The van der Waals surface area contributed by atoms with Gasteiger partial charge in [-0.05, 0) is 31.7 Å². The number of hydrogen-bond acceptors (Lipinski definition) is 4. The third-order valence-electron chi connectivity index (χ3n) is 5.26. The first-order valence-electron chi connectivity index (χ1n) is 9.65. The van der Waals surface area contributed by atoms with E-state index in [1.165, 1.54) is 31.3 Å². The van der Waals surface area contributed by atoms with Crippen LogP contribution >= 0.6 is 23.2 Å². The van der Waals surface area contributed by atoms with Crippen LogP contribution in [0.15, 0.2) is 36.9 Å². The molecule has 30 heavy (non-hydrogen) atoms. The summed E-state index contributed by atoms with van der Waals surface area (Å²) < 4.78 is 22.6. The van der Waals surface area contributed by atoms with Gasteiger partial charge >= 0.3 is 0 Å². The summed E-state index contributed by atoms with van der Waals surface area (Å²) in [5, 5.41) is 12.9. The van der Waals surface area contributed by atoms with Gasteiger partial charge in [-0.3, -0.25) is 14.8 Å². The van der Waals surface area contributed by atoms with Crippen LogP contribution in [0.5, 0.6) is 5.75 Å². The summed E-state index contributed by atoms with van der Waals surface area (Å²) in [6.07, 6.45) is 8.69. The van der Waals surface area contributed by atoms with Crippen molar-refractivity contribution in [3.63, 3.8) is 0 Å². The number of halogens is 3. The van der Waals surface area contributed by atoms with Crippen LogP contribution in [0.25, 0.3) is 22.2 Å². The van der Waals surface area contributed by atoms with Crippen molar-refractivity contribution in [3.8, 4) is 17.0 Å². The fraction of sp³-hybridized carbons (Fsp3) is 0.286. The number of nitrogens with one attached hydrogen (secondary N) is 1. The Kier molecular flexibility index (Phi) is 4.87. The predicted octanol–water partition coefficient (Wildman–Crippen LogP) is 5.82. The van der Waals surface area contributed by atoms with Gasteiger partial charge in [0, 0.05) is 47.7 Å². The molecule has 0 amide bonds. The molecule has 1 fully saturated rings. The van der Waals surface area contributed by atoms with E-state index >= 15 is 0 Å². The first kappa shape index (κ1) is 19.3. The number of hydrogen-bond donors (Lipinski definition) is 1. The SMILES string of the molecule is C[C@@H](Oc1cc(F)c2[nH]nc(-c3cnn(CC4CC4)c3)c2c1)c1c(Cl)cncc1Cl. The molecule has 4 aromatic rings. The monoisotopic (exact) mass is 445 g/mol. The van der Waals surface area contributed by atoms with Crippen LogP contribution in [0.1, 0.15) is 31.4 Å². The van der Waals surface area contributed by atoms with Crippen molar-refractivity contribution in [2.45, 2.75) is 32.4 Å². The summed E-state index contributed by atoms with van der Waals surface area (Å²) in [6.45, 7) is 2.70. The van der Waals surface area contributed by atoms with Crippen molar-refractivity contribution in [1.29, 1.82) is 0 Å². The number of rotatable bonds is 6. The molecule has 1 aliphatic carbocycles. The van der Waals surface area contributed by atoms with E-state index in [1.54, 1.807) is 19.2 Å². The highest BCUT2D eigenvalue weighted by atomic mass is 35.5. The zero-order chi connectivity index (χ0) is 20.8. The first-order valence-corrected chi connectivity index (χ1v) is 10.4. The number of H-pyrrole nitrogens is 1. The average molecular weight is 446 g/mol. The molecule has 0 aliphatic heterocycles. The molecule has 3 aromatic heterocycles. The van der Waals surface area contributed by atoms with E-state index in [-0.39, 0.29) is 0 Å². The molecular formula is C21H18Cl2FN5O. The van der Waals surface area contributed by atoms with Gasteiger partial charge in [-0.1, -0.05) is 23.2 Å². The molecule has 9 heteroatoms. The summed E-state index contributed by atoms with van der Waals surface area (Å²) >= 11 is 12.4. The fourth-order valence-corrected chi connectivity index (χ4v) is 4.24. The zero-order valence-electron chi connectivity index (χ0n) is 16.1. The normalized spacial score (nSPS) is 14.9. The number of benzene rings is 1. The highest BCUT2D eigenvalue weighted by Crippen LogP contribution is 2.36. The quantitative estimate of drug-likeness (QED) is 0.406. The third-order valence-corrected chi connectivity index (χ3v) is 5.86. The van der Waals surface area contributed by atoms with Crippen molar-refractivity contribution in [2.24, 2.45) is 5.92 Å². The van der Waals surface area contributed by atoms with Crippen LogP contribution in [0.3, 0.4) is 0 Å². The highest BCUT2D eigenvalue weighted by molar-refractivity contribution is 6.35. The molecule has 3 heterocycles. The second-order valence-corrected chi connectivity index (χ2v) is 8.39. The Labute approximate surface area is 182 Å². The number of aromatic amines is 1. The Morgan fingerprint density at radius 3 is 2.73 bits per heavy atom. The molecule has 1 atom stereocenters. The molecule has 1 saturated carbocycles. The maximum atomic E-state index is 14.7. The molecule has 0 spiro atoms. The molecule has 1 N–H and O–H groups in total. The maximum absolute atomic E-state index is 14.7. The lowest BCUT2D eigenvalue weighted by molar-refractivity contribution is 0.226. The minimum Gasteiger partial charge on any atom is -0.486 e. The number of aromatic nitrogens is 5. The van der Waals surface area contributed by atoms with Gasteiger partial charge in [-0.15, -0.1) is 0 Å². The second-order valence-electron chi connectivity index (χ2n) is 7.57. The minimum absolute atomic E-state index is 0.319. The number of fused-ring (bicyclic) bond motifs is 1. The van der Waals surface area contributed by atoms with E-state index in [2.05, 4.69) is 20.3 Å². The lowest BCUT2D eigenvalue weighted by atomic mass is 10.1. The minimum atomic E-state index is -0.499. The van der Waals surface area contributed by atoms with Gasteiger partial charge in [0.1, 0.15) is 23.1 Å². The van der Waals surface area contributed by atoms with E-state index < -0.39 is 11.9 Å². The second kappa shape index (κ2) is 7.56. The Hall–Kier alpha value is -2.64. The summed E-state index contributed by atoms with van der Waals surface area (Å²) in [7, 11) is 0. The number of nitrogens with zero attached hydrogens (tertiary/aromatic N) is 4. The lowest BCUT2D eigenvalue weighted by Crippen LogP contribution is -2.05. The van der Waals surface area contributed by atoms with Crippen LogP contribution < -0.4 is 4.74 Å². The molecule has 0 radical (unpaired) electrons. The Balaban J connectivity index is 1.48. The van der Waals surface area contributed by atoms with Crippen molar-refractivity contribution < 1.29 is 9.13 Å². The maximum Gasteiger partial charge on any atom is 0.152 e. The van der Waals surface area contributed by atoms with Crippen LogP contribution in [0.4, 0.5) is 4.39 Å². The molecule has 1 aliphatic rings. The molecule has 5 rings (SSSR count). The van der Waals surface area contributed by atoms with E-state index in [1.807, 2.05) is 10.9 Å². The largest absolute Gasteiger partial charge is 0.486 e. The first-order chi connectivity index (χ1) is 14.5. The average Bonchev–Trinajstić information content (AvgIpc) is 3.20. The predicted molar refractivity (Wildman–Crippen MR) is 113 cm³/mol. The summed E-state index contributed by atoms with van der Waals surface area (Å²) in [5.74, 6) is 0.606. The van der Waals surface area contributed by atoms with Gasteiger partial charge in [-0.2, -0.15) is 10.2 Å². The Bertz CT molecular complexity index is 1210. The highest BCUT2D eigenvalue weighted by Gasteiger charge is 2.23. The fourth-order valence-electron chi connectivity index (χ4n) is 3.57. The molecule has 6 nitrogen and oxygen atoms in total. The van der Waals surface area contributed by atoms with Crippen molar-refractivity contribution >= 4 is 34.1 Å². The van der Waals surface area contributed by atoms with Gasteiger partial charge in [0.2, 0.25) is 0 Å². The molecule has 0 saturated heterocycles. The van der Waals surface area contributed by atoms with Gasteiger partial charge in [0.05, 0.1) is 16.2 Å². The van der Waals surface area contributed by atoms with Crippen LogP contribution in [-0.4, -0.2) is 25.0 Å². The topological polar surface area (TPSA) is 68.6 Å². The van der Waals surface area contributed by atoms with Gasteiger partial charge < -0.3 is 4.74 Å². The molecule has 1 aromatic carbocycles. The standard InChI is InChI=1S/C21H18Cl2FN5O/c1-11(19-16(22)7-25-8-17(19)23)30-14-4-15-20(27-28-21(15)18(24)5-14)13-6-26-29(10-13)9-12-2-3-12/h4-8,10-12H,2-3,9H2,1H3,(H,27,28)/t11-/m1/s1. The van der Waals surface area contributed by atoms with Crippen LogP contribution in [-0.2, 0) is 6.54 Å². The molecular weight excluding hydrogens is 428 g/mol. The zero-order valence-corrected chi connectivity index (χ0v) is 17.6. The van der Waals surface area contributed by atoms with Crippen LogP contribution in [0, 0.1) is 11.7 Å². The summed E-state index contributed by atoms with van der Waals surface area (Å²) in [6, 6.07) is 3.08. The van der Waals surface area contributed by atoms with Crippen LogP contribution in [0.2, 0.25) is 10.0 Å². The lowest BCUT2D eigenvalue weighted by Gasteiger charge is -2.17. The third kappa shape index (κ3) is 3.63. The number of ether oxygens (including phenoxy) is 1. The summed E-state index contributed by atoms with van der Waals surface area (Å²) in [5.41, 5.74) is 2.37. The van der Waals surface area contributed by atoms with E-state index in [0.717, 1.165) is 12.1 Å². The van der Waals surface area contributed by atoms with Crippen molar-refractivity contribution in [1.82, 2.24) is 25.0 Å². The van der Waals surface area contributed by atoms with Crippen molar-refractivity contribution in [3.05, 3.63) is 58.3 Å². The molecule has 0 unspecified atom stereocenters. The van der Waals surface area contributed by atoms with Gasteiger partial charge in [-0.25, -0.2) is 4.39 Å². The molecule has 0 bridgehead atoms. The van der Waals surface area contributed by atoms with E-state index in [0.29, 0.717) is 43.9 Å². The van der Waals surface area contributed by atoms with Gasteiger partial charge in [0.25, 0.3) is 0 Å². The summed E-state index contributed by atoms with van der Waals surface area (Å²) in [4.78, 5) is 3.95. The Morgan fingerprint density at radius 1 is 1.23 bits per heavy atom.